The Morgan fingerprint density at radius 1 is 1.62 bits per heavy atom. The Balaban J connectivity index is 2.66. The molecule has 1 heterocycles. The van der Waals surface area contributed by atoms with Gasteiger partial charge in [-0.2, -0.15) is 0 Å². The van der Waals surface area contributed by atoms with Crippen LogP contribution in [0.15, 0.2) is 29.5 Å². The van der Waals surface area contributed by atoms with Gasteiger partial charge in [-0.05, 0) is 15.9 Å². The van der Waals surface area contributed by atoms with Crippen LogP contribution in [0.25, 0.3) is 0 Å². The number of halogens is 1. The molecule has 4 nitrogen and oxygen atoms in total. The predicted molar refractivity (Wildman–Crippen MR) is 52.3 cm³/mol. The lowest BCUT2D eigenvalue weighted by molar-refractivity contribution is 0.0947. The van der Waals surface area contributed by atoms with Crippen LogP contribution in [0.2, 0.25) is 0 Å². The molecule has 0 aromatic carbocycles. The third kappa shape index (κ3) is 2.95. The van der Waals surface area contributed by atoms with Crippen LogP contribution < -0.4 is 5.32 Å². The molecule has 0 unspecified atom stereocenters. The van der Waals surface area contributed by atoms with Crippen LogP contribution in [-0.4, -0.2) is 22.4 Å². The Kier molecular flexibility index (Phi) is 3.57. The SMILES string of the molecule is C=CCNC(=O)c1ncc(Br)cn1. The van der Waals surface area contributed by atoms with Crippen molar-refractivity contribution in [3.8, 4) is 0 Å². The van der Waals surface area contributed by atoms with Gasteiger partial charge >= 0.3 is 0 Å². The fourth-order valence-electron chi connectivity index (χ4n) is 0.673. The van der Waals surface area contributed by atoms with Gasteiger partial charge < -0.3 is 5.32 Å². The van der Waals surface area contributed by atoms with Crippen molar-refractivity contribution in [3.05, 3.63) is 35.3 Å². The van der Waals surface area contributed by atoms with Crippen molar-refractivity contribution in [1.29, 1.82) is 0 Å². The summed E-state index contributed by atoms with van der Waals surface area (Å²) in [7, 11) is 0. The monoisotopic (exact) mass is 241 g/mol. The topological polar surface area (TPSA) is 54.9 Å². The van der Waals surface area contributed by atoms with E-state index in [0.717, 1.165) is 4.47 Å². The summed E-state index contributed by atoms with van der Waals surface area (Å²) in [6, 6.07) is 0. The number of nitrogens with zero attached hydrogens (tertiary/aromatic N) is 2. The summed E-state index contributed by atoms with van der Waals surface area (Å²) < 4.78 is 0.743. The number of aromatic nitrogens is 2. The highest BCUT2D eigenvalue weighted by Crippen LogP contribution is 2.03. The molecule has 5 heteroatoms. The van der Waals surface area contributed by atoms with Gasteiger partial charge in [-0.25, -0.2) is 9.97 Å². The van der Waals surface area contributed by atoms with Crippen molar-refractivity contribution >= 4 is 21.8 Å². The highest BCUT2D eigenvalue weighted by molar-refractivity contribution is 9.10. The highest BCUT2D eigenvalue weighted by Gasteiger charge is 2.05. The minimum atomic E-state index is -0.299. The quantitative estimate of drug-likeness (QED) is 0.809. The summed E-state index contributed by atoms with van der Waals surface area (Å²) in [6.45, 7) is 3.89. The molecule has 0 radical (unpaired) electrons. The number of carbonyl (C=O) groups excluding carboxylic acids is 1. The van der Waals surface area contributed by atoms with Gasteiger partial charge in [0.15, 0.2) is 0 Å². The molecule has 1 aromatic rings. The summed E-state index contributed by atoms with van der Waals surface area (Å²) >= 11 is 3.17. The lowest BCUT2D eigenvalue weighted by atomic mass is 10.5. The second-order valence-electron chi connectivity index (χ2n) is 2.22. The van der Waals surface area contributed by atoms with Crippen LogP contribution in [-0.2, 0) is 0 Å². The van der Waals surface area contributed by atoms with Crippen molar-refractivity contribution in [1.82, 2.24) is 15.3 Å². The van der Waals surface area contributed by atoms with Crippen LogP contribution in [0, 0.1) is 0 Å². The lowest BCUT2D eigenvalue weighted by Crippen LogP contribution is -2.25. The molecule has 0 spiro atoms. The van der Waals surface area contributed by atoms with E-state index < -0.39 is 0 Å². The standard InChI is InChI=1S/C8H8BrN3O/c1-2-3-10-8(13)7-11-4-6(9)5-12-7/h2,4-5H,1,3H2,(H,10,13). The van der Waals surface area contributed by atoms with E-state index in [1.54, 1.807) is 6.08 Å². The molecule has 13 heavy (non-hydrogen) atoms. The summed E-state index contributed by atoms with van der Waals surface area (Å²) in [6.07, 6.45) is 4.64. The van der Waals surface area contributed by atoms with Gasteiger partial charge in [-0.15, -0.1) is 6.58 Å². The summed E-state index contributed by atoms with van der Waals surface area (Å²) in [5.41, 5.74) is 0. The Bertz CT molecular complexity index is 310. The predicted octanol–water partition coefficient (Wildman–Crippen LogP) is 1.15. The molecule has 0 saturated heterocycles. The van der Waals surface area contributed by atoms with Crippen molar-refractivity contribution in [2.45, 2.75) is 0 Å². The largest absolute Gasteiger partial charge is 0.346 e. The number of nitrogens with one attached hydrogen (secondary N) is 1. The minimum absolute atomic E-state index is 0.157. The smallest absolute Gasteiger partial charge is 0.289 e. The van der Waals surface area contributed by atoms with Crippen molar-refractivity contribution in [2.75, 3.05) is 6.54 Å². The second-order valence-corrected chi connectivity index (χ2v) is 3.14. The Hall–Kier alpha value is -1.23. The molecule has 1 N–H and O–H groups in total. The molecule has 1 amide bonds. The first-order valence-corrected chi connectivity index (χ1v) is 4.40. The fraction of sp³-hybridized carbons (Fsp3) is 0.125. The molecule has 68 valence electrons. The lowest BCUT2D eigenvalue weighted by Gasteiger charge is -1.99. The molecule has 1 aromatic heterocycles. The first-order chi connectivity index (χ1) is 6.24. The molecule has 0 fully saturated rings. The molecular weight excluding hydrogens is 234 g/mol. The molecule has 0 bridgehead atoms. The fourth-order valence-corrected chi connectivity index (χ4v) is 0.878. The van der Waals surface area contributed by atoms with Gasteiger partial charge in [0.1, 0.15) is 0 Å². The molecular formula is C8H8BrN3O. The summed E-state index contributed by atoms with van der Waals surface area (Å²) in [5.74, 6) is -0.141. The molecule has 0 aliphatic carbocycles. The van der Waals surface area contributed by atoms with Gasteiger partial charge in [0.2, 0.25) is 5.82 Å². The first-order valence-electron chi connectivity index (χ1n) is 3.60. The van der Waals surface area contributed by atoms with Crippen molar-refractivity contribution in [3.63, 3.8) is 0 Å². The van der Waals surface area contributed by atoms with Gasteiger partial charge in [-0.1, -0.05) is 6.08 Å². The van der Waals surface area contributed by atoms with Crippen molar-refractivity contribution < 1.29 is 4.79 Å². The zero-order chi connectivity index (χ0) is 9.68. The van der Waals surface area contributed by atoms with E-state index in [-0.39, 0.29) is 11.7 Å². The zero-order valence-corrected chi connectivity index (χ0v) is 8.41. The molecule has 1 rings (SSSR count). The maximum Gasteiger partial charge on any atom is 0.289 e. The van der Waals surface area contributed by atoms with Crippen LogP contribution in [0.5, 0.6) is 0 Å². The Labute approximate surface area is 84.2 Å². The first kappa shape index (κ1) is 9.85. The number of hydrogen-bond donors (Lipinski definition) is 1. The average Bonchev–Trinajstić information content (AvgIpc) is 2.15. The third-order valence-electron chi connectivity index (χ3n) is 1.23. The van der Waals surface area contributed by atoms with E-state index in [1.165, 1.54) is 12.4 Å². The molecule has 0 saturated carbocycles. The summed E-state index contributed by atoms with van der Waals surface area (Å²) in [4.78, 5) is 18.9. The average molecular weight is 242 g/mol. The third-order valence-corrected chi connectivity index (χ3v) is 1.64. The maximum absolute atomic E-state index is 11.2. The van der Waals surface area contributed by atoms with E-state index in [1.807, 2.05) is 0 Å². The van der Waals surface area contributed by atoms with Crippen LogP contribution in [0.4, 0.5) is 0 Å². The second kappa shape index (κ2) is 4.71. The van der Waals surface area contributed by atoms with Gasteiger partial charge in [-0.3, -0.25) is 4.79 Å². The van der Waals surface area contributed by atoms with Gasteiger partial charge in [0, 0.05) is 18.9 Å². The normalized spacial score (nSPS) is 9.31. The van der Waals surface area contributed by atoms with Crippen LogP contribution in [0.1, 0.15) is 10.6 Å². The Morgan fingerprint density at radius 2 is 2.23 bits per heavy atom. The van der Waals surface area contributed by atoms with E-state index >= 15 is 0 Å². The van der Waals surface area contributed by atoms with Gasteiger partial charge in [0.25, 0.3) is 5.91 Å². The van der Waals surface area contributed by atoms with Crippen LogP contribution in [0.3, 0.4) is 0 Å². The summed E-state index contributed by atoms with van der Waals surface area (Å²) in [5, 5.41) is 2.57. The maximum atomic E-state index is 11.2. The number of amides is 1. The molecule has 0 aliphatic rings. The Morgan fingerprint density at radius 3 is 2.77 bits per heavy atom. The zero-order valence-electron chi connectivity index (χ0n) is 6.83. The number of rotatable bonds is 3. The minimum Gasteiger partial charge on any atom is -0.346 e. The molecule has 0 atom stereocenters. The van der Waals surface area contributed by atoms with E-state index in [2.05, 4.69) is 37.8 Å². The highest BCUT2D eigenvalue weighted by atomic mass is 79.9. The van der Waals surface area contributed by atoms with Crippen molar-refractivity contribution in [2.24, 2.45) is 0 Å². The number of carbonyl (C=O) groups is 1. The van der Waals surface area contributed by atoms with Gasteiger partial charge in [0.05, 0.1) is 4.47 Å². The number of hydrogen-bond acceptors (Lipinski definition) is 3. The van der Waals surface area contributed by atoms with Crippen LogP contribution >= 0.6 is 15.9 Å². The van der Waals surface area contributed by atoms with E-state index in [4.69, 9.17) is 0 Å². The molecule has 0 aliphatic heterocycles. The van der Waals surface area contributed by atoms with E-state index in [0.29, 0.717) is 6.54 Å². The van der Waals surface area contributed by atoms with E-state index in [9.17, 15) is 4.79 Å².